The first kappa shape index (κ1) is 14.5. The van der Waals surface area contributed by atoms with E-state index in [0.29, 0.717) is 0 Å². The van der Waals surface area contributed by atoms with E-state index in [1.807, 2.05) is 18.4 Å². The molecule has 1 aliphatic heterocycles. The number of anilines is 1. The highest BCUT2D eigenvalue weighted by atomic mass is 32.1. The molecule has 1 saturated heterocycles. The van der Waals surface area contributed by atoms with Crippen LogP contribution in [0.2, 0.25) is 0 Å². The van der Waals surface area contributed by atoms with E-state index in [4.69, 9.17) is 4.98 Å². The quantitative estimate of drug-likeness (QED) is 0.928. The van der Waals surface area contributed by atoms with Gasteiger partial charge in [0.1, 0.15) is 0 Å². The van der Waals surface area contributed by atoms with Crippen molar-refractivity contribution in [3.8, 4) is 11.3 Å². The lowest BCUT2D eigenvalue weighted by molar-refractivity contribution is 0.726. The highest BCUT2D eigenvalue weighted by molar-refractivity contribution is 7.16. The fourth-order valence-electron chi connectivity index (χ4n) is 2.84. The lowest BCUT2D eigenvalue weighted by Crippen LogP contribution is -2.23. The van der Waals surface area contributed by atoms with Crippen LogP contribution in [0.5, 0.6) is 0 Å². The fraction of sp³-hybridized carbons (Fsp3) is 0.471. The third-order valence-electron chi connectivity index (χ3n) is 3.95. The first-order valence-corrected chi connectivity index (χ1v) is 8.65. The van der Waals surface area contributed by atoms with E-state index in [1.54, 1.807) is 0 Å². The maximum atomic E-state index is 4.97. The van der Waals surface area contributed by atoms with Crippen LogP contribution in [0.4, 0.5) is 5.13 Å². The Hall–Kier alpha value is -1.39. The van der Waals surface area contributed by atoms with Gasteiger partial charge in [0.05, 0.1) is 5.69 Å². The Kier molecular flexibility index (Phi) is 4.88. The van der Waals surface area contributed by atoms with Crippen molar-refractivity contribution < 1.29 is 0 Å². The molecular formula is C17H23N3S. The number of rotatable bonds is 4. The summed E-state index contributed by atoms with van der Waals surface area (Å²) >= 11 is 1.85. The van der Waals surface area contributed by atoms with Crippen molar-refractivity contribution in [3.05, 3.63) is 35.2 Å². The van der Waals surface area contributed by atoms with E-state index in [-0.39, 0.29) is 0 Å². The van der Waals surface area contributed by atoms with Crippen molar-refractivity contribution in [1.82, 2.24) is 10.3 Å². The highest BCUT2D eigenvalue weighted by Gasteiger charge is 2.18. The zero-order valence-electron chi connectivity index (χ0n) is 12.6. The molecule has 0 bridgehead atoms. The van der Waals surface area contributed by atoms with E-state index in [0.717, 1.165) is 25.3 Å². The molecule has 0 spiro atoms. The largest absolute Gasteiger partial charge is 0.348 e. The molecule has 1 N–H and O–H groups in total. The van der Waals surface area contributed by atoms with E-state index >= 15 is 0 Å². The summed E-state index contributed by atoms with van der Waals surface area (Å²) in [6.45, 7) is 3.19. The highest BCUT2D eigenvalue weighted by Crippen LogP contribution is 2.34. The van der Waals surface area contributed by atoms with Crippen molar-refractivity contribution in [2.24, 2.45) is 0 Å². The molecule has 1 aromatic heterocycles. The molecule has 2 heterocycles. The van der Waals surface area contributed by atoms with Gasteiger partial charge in [-0.05, 0) is 19.9 Å². The number of benzene rings is 1. The van der Waals surface area contributed by atoms with Crippen molar-refractivity contribution in [2.75, 3.05) is 25.0 Å². The fourth-order valence-corrected chi connectivity index (χ4v) is 3.98. The Labute approximate surface area is 131 Å². The smallest absolute Gasteiger partial charge is 0.186 e. The van der Waals surface area contributed by atoms with Crippen molar-refractivity contribution in [1.29, 1.82) is 0 Å². The van der Waals surface area contributed by atoms with Gasteiger partial charge in [-0.2, -0.15) is 0 Å². The molecule has 0 unspecified atom stereocenters. The molecule has 0 amide bonds. The minimum absolute atomic E-state index is 0.885. The van der Waals surface area contributed by atoms with Crippen LogP contribution in [-0.2, 0) is 6.54 Å². The Bertz CT molecular complexity index is 557. The minimum atomic E-state index is 0.885. The molecule has 1 aliphatic rings. The zero-order valence-corrected chi connectivity index (χ0v) is 13.5. The lowest BCUT2D eigenvalue weighted by atomic mass is 10.1. The molecule has 21 heavy (non-hydrogen) atoms. The van der Waals surface area contributed by atoms with Gasteiger partial charge >= 0.3 is 0 Å². The second-order valence-corrected chi connectivity index (χ2v) is 6.63. The molecule has 1 aromatic carbocycles. The first-order valence-electron chi connectivity index (χ1n) is 7.83. The van der Waals surface area contributed by atoms with Gasteiger partial charge in [0, 0.05) is 30.1 Å². The van der Waals surface area contributed by atoms with Crippen molar-refractivity contribution in [2.45, 2.75) is 32.2 Å². The van der Waals surface area contributed by atoms with Gasteiger partial charge in [-0.25, -0.2) is 4.98 Å². The average Bonchev–Trinajstić information content (AvgIpc) is 2.75. The molecule has 0 atom stereocenters. The molecule has 3 nitrogen and oxygen atoms in total. The number of nitrogens with one attached hydrogen (secondary N) is 1. The molecule has 0 radical (unpaired) electrons. The predicted molar refractivity (Wildman–Crippen MR) is 91.0 cm³/mol. The molecule has 112 valence electrons. The van der Waals surface area contributed by atoms with Gasteiger partial charge in [0.2, 0.25) is 0 Å². The van der Waals surface area contributed by atoms with E-state index < -0.39 is 0 Å². The first-order chi connectivity index (χ1) is 10.4. The maximum absolute atomic E-state index is 4.97. The van der Waals surface area contributed by atoms with Crippen LogP contribution in [0, 0.1) is 0 Å². The number of nitrogens with zero attached hydrogens (tertiary/aromatic N) is 2. The minimum Gasteiger partial charge on any atom is -0.348 e. The summed E-state index contributed by atoms with van der Waals surface area (Å²) in [5.41, 5.74) is 2.37. The molecule has 3 rings (SSSR count). The molecule has 4 heteroatoms. The van der Waals surface area contributed by atoms with E-state index in [9.17, 15) is 0 Å². The van der Waals surface area contributed by atoms with Crippen LogP contribution in [0.25, 0.3) is 11.3 Å². The summed E-state index contributed by atoms with van der Waals surface area (Å²) in [6, 6.07) is 10.5. The van der Waals surface area contributed by atoms with Crippen LogP contribution >= 0.6 is 11.3 Å². The summed E-state index contributed by atoms with van der Waals surface area (Å²) in [7, 11) is 2.00. The number of hydrogen-bond acceptors (Lipinski definition) is 4. The third-order valence-corrected chi connectivity index (χ3v) is 5.06. The van der Waals surface area contributed by atoms with Crippen LogP contribution in [-0.4, -0.2) is 25.1 Å². The second-order valence-electron chi connectivity index (χ2n) is 5.57. The average molecular weight is 301 g/mol. The summed E-state index contributed by atoms with van der Waals surface area (Å²) in [5.74, 6) is 0. The number of hydrogen-bond donors (Lipinski definition) is 1. The van der Waals surface area contributed by atoms with Crippen LogP contribution < -0.4 is 10.2 Å². The topological polar surface area (TPSA) is 28.2 Å². The Morgan fingerprint density at radius 2 is 1.81 bits per heavy atom. The third kappa shape index (κ3) is 3.44. The maximum Gasteiger partial charge on any atom is 0.186 e. The SMILES string of the molecule is CNCc1sc(N2CCCCCC2)nc1-c1ccccc1. The normalized spacial score (nSPS) is 16.0. The molecule has 0 aliphatic carbocycles. The lowest BCUT2D eigenvalue weighted by Gasteiger charge is -2.18. The molecule has 2 aromatic rings. The second kappa shape index (κ2) is 7.05. The summed E-state index contributed by atoms with van der Waals surface area (Å²) < 4.78 is 0. The molecular weight excluding hydrogens is 278 g/mol. The summed E-state index contributed by atoms with van der Waals surface area (Å²) in [6.07, 6.45) is 5.30. The van der Waals surface area contributed by atoms with Gasteiger partial charge in [-0.15, -0.1) is 0 Å². The summed E-state index contributed by atoms with van der Waals surface area (Å²) in [5, 5.41) is 4.47. The Morgan fingerprint density at radius 1 is 1.10 bits per heavy atom. The van der Waals surface area contributed by atoms with Gasteiger partial charge in [0.15, 0.2) is 5.13 Å². The Balaban J connectivity index is 1.92. The van der Waals surface area contributed by atoms with Gasteiger partial charge in [-0.3, -0.25) is 0 Å². The van der Waals surface area contributed by atoms with Crippen LogP contribution in [0.3, 0.4) is 0 Å². The van der Waals surface area contributed by atoms with Crippen molar-refractivity contribution >= 4 is 16.5 Å². The molecule has 0 saturated carbocycles. The predicted octanol–water partition coefficient (Wildman–Crippen LogP) is 3.91. The summed E-state index contributed by atoms with van der Waals surface area (Å²) in [4.78, 5) is 8.78. The van der Waals surface area contributed by atoms with Crippen LogP contribution in [0.15, 0.2) is 30.3 Å². The molecule has 1 fully saturated rings. The number of thiazole rings is 1. The van der Waals surface area contributed by atoms with Crippen molar-refractivity contribution in [3.63, 3.8) is 0 Å². The zero-order chi connectivity index (χ0) is 14.5. The number of aromatic nitrogens is 1. The van der Waals surface area contributed by atoms with Gasteiger partial charge in [0.25, 0.3) is 0 Å². The van der Waals surface area contributed by atoms with Crippen LogP contribution in [0.1, 0.15) is 30.6 Å². The standard InChI is InChI=1S/C17H23N3S/c1-18-13-15-16(14-9-5-4-6-10-14)19-17(21-15)20-11-7-2-3-8-12-20/h4-6,9-10,18H,2-3,7-8,11-13H2,1H3. The monoisotopic (exact) mass is 301 g/mol. The van der Waals surface area contributed by atoms with E-state index in [1.165, 1.54) is 41.3 Å². The van der Waals surface area contributed by atoms with E-state index in [2.05, 4.69) is 40.5 Å². The Morgan fingerprint density at radius 3 is 2.48 bits per heavy atom. The van der Waals surface area contributed by atoms with Gasteiger partial charge < -0.3 is 10.2 Å². The van der Waals surface area contributed by atoms with Gasteiger partial charge in [-0.1, -0.05) is 54.5 Å².